The highest BCUT2D eigenvalue weighted by Crippen LogP contribution is 2.23. The molecule has 112 valence electrons. The Kier molecular flexibility index (Phi) is 5.45. The van der Waals surface area contributed by atoms with E-state index in [1.54, 1.807) is 18.7 Å². The highest BCUT2D eigenvalue weighted by molar-refractivity contribution is 5.94. The Hall–Kier alpha value is -2.21. The van der Waals surface area contributed by atoms with E-state index in [9.17, 15) is 4.79 Å². The smallest absolute Gasteiger partial charge is 0.361 e. The normalized spacial score (nSPS) is 10.6. The summed E-state index contributed by atoms with van der Waals surface area (Å²) in [5, 5.41) is 8.07. The molecule has 1 aromatic heterocycles. The first kappa shape index (κ1) is 15.2. The van der Waals surface area contributed by atoms with Crippen LogP contribution in [0.1, 0.15) is 23.8 Å². The Labute approximate surface area is 123 Å². The summed E-state index contributed by atoms with van der Waals surface area (Å²) in [6, 6.07) is 9.60. The van der Waals surface area contributed by atoms with Gasteiger partial charge < -0.3 is 9.47 Å². The van der Waals surface area contributed by atoms with Crippen molar-refractivity contribution in [3.63, 3.8) is 0 Å². The van der Waals surface area contributed by atoms with E-state index < -0.39 is 5.97 Å². The second kappa shape index (κ2) is 7.54. The molecule has 0 bridgehead atoms. The molecule has 0 radical (unpaired) electrons. The fourth-order valence-corrected chi connectivity index (χ4v) is 2.05. The van der Waals surface area contributed by atoms with Gasteiger partial charge in [0.1, 0.15) is 5.69 Å². The SMILES string of the molecule is CCOC(=O)c1nnn(CCCOC)c1-c1ccccc1. The third-order valence-electron chi connectivity index (χ3n) is 2.97. The number of carbonyl (C=O) groups is 1. The third-order valence-corrected chi connectivity index (χ3v) is 2.97. The van der Waals surface area contributed by atoms with Gasteiger partial charge in [-0.25, -0.2) is 9.48 Å². The van der Waals surface area contributed by atoms with Crippen molar-refractivity contribution in [2.45, 2.75) is 19.9 Å². The number of rotatable bonds is 7. The molecule has 21 heavy (non-hydrogen) atoms. The quantitative estimate of drug-likeness (QED) is 0.577. The highest BCUT2D eigenvalue weighted by atomic mass is 16.5. The third kappa shape index (κ3) is 3.66. The topological polar surface area (TPSA) is 66.2 Å². The highest BCUT2D eigenvalue weighted by Gasteiger charge is 2.21. The monoisotopic (exact) mass is 289 g/mol. The average Bonchev–Trinajstić information content (AvgIpc) is 2.93. The molecule has 1 aromatic carbocycles. The molecule has 0 N–H and O–H groups in total. The van der Waals surface area contributed by atoms with Crippen molar-refractivity contribution in [2.24, 2.45) is 0 Å². The van der Waals surface area contributed by atoms with E-state index in [-0.39, 0.29) is 5.69 Å². The number of hydrogen-bond donors (Lipinski definition) is 0. The van der Waals surface area contributed by atoms with Crippen LogP contribution in [0.2, 0.25) is 0 Å². The minimum atomic E-state index is -0.450. The van der Waals surface area contributed by atoms with Crippen molar-refractivity contribution in [1.29, 1.82) is 0 Å². The molecule has 0 atom stereocenters. The summed E-state index contributed by atoms with van der Waals surface area (Å²) < 4.78 is 11.8. The summed E-state index contributed by atoms with van der Waals surface area (Å²) in [5.74, 6) is -0.450. The van der Waals surface area contributed by atoms with Crippen LogP contribution >= 0.6 is 0 Å². The molecule has 1 heterocycles. The van der Waals surface area contributed by atoms with Crippen LogP contribution in [-0.2, 0) is 16.0 Å². The van der Waals surface area contributed by atoms with Gasteiger partial charge in [0.15, 0.2) is 5.69 Å². The molecule has 0 saturated heterocycles. The molecular formula is C15H19N3O3. The van der Waals surface area contributed by atoms with Crippen molar-refractivity contribution >= 4 is 5.97 Å². The van der Waals surface area contributed by atoms with Crippen LogP contribution in [-0.4, -0.2) is 41.3 Å². The van der Waals surface area contributed by atoms with Crippen molar-refractivity contribution in [3.8, 4) is 11.3 Å². The van der Waals surface area contributed by atoms with Gasteiger partial charge in [0.05, 0.1) is 6.61 Å². The Balaban J connectivity index is 2.35. The van der Waals surface area contributed by atoms with Crippen molar-refractivity contribution in [3.05, 3.63) is 36.0 Å². The number of aromatic nitrogens is 3. The Bertz CT molecular complexity index is 581. The molecule has 0 unspecified atom stereocenters. The Morgan fingerprint density at radius 3 is 2.71 bits per heavy atom. The van der Waals surface area contributed by atoms with E-state index in [4.69, 9.17) is 9.47 Å². The van der Waals surface area contributed by atoms with Crippen LogP contribution in [0, 0.1) is 0 Å². The molecular weight excluding hydrogens is 270 g/mol. The van der Waals surface area contributed by atoms with Gasteiger partial charge in [0.25, 0.3) is 0 Å². The second-order valence-corrected chi connectivity index (χ2v) is 4.44. The number of methoxy groups -OCH3 is 1. The van der Waals surface area contributed by atoms with Crippen molar-refractivity contribution in [1.82, 2.24) is 15.0 Å². The van der Waals surface area contributed by atoms with Crippen molar-refractivity contribution < 1.29 is 14.3 Å². The Morgan fingerprint density at radius 2 is 2.05 bits per heavy atom. The maximum atomic E-state index is 12.0. The van der Waals surface area contributed by atoms with E-state index in [2.05, 4.69) is 10.3 Å². The van der Waals surface area contributed by atoms with Crippen LogP contribution in [0.3, 0.4) is 0 Å². The molecule has 0 fully saturated rings. The molecule has 0 spiro atoms. The molecule has 6 nitrogen and oxygen atoms in total. The van der Waals surface area contributed by atoms with Crippen LogP contribution in [0.5, 0.6) is 0 Å². The second-order valence-electron chi connectivity index (χ2n) is 4.44. The minimum absolute atomic E-state index is 0.250. The summed E-state index contributed by atoms with van der Waals surface area (Å²) in [6.07, 6.45) is 0.794. The summed E-state index contributed by atoms with van der Waals surface area (Å²) in [5.41, 5.74) is 1.83. The van der Waals surface area contributed by atoms with Gasteiger partial charge in [0.2, 0.25) is 0 Å². The lowest BCUT2D eigenvalue weighted by Gasteiger charge is -2.08. The lowest BCUT2D eigenvalue weighted by molar-refractivity contribution is 0.0520. The van der Waals surface area contributed by atoms with Gasteiger partial charge in [-0.3, -0.25) is 0 Å². The molecule has 0 aliphatic rings. The zero-order valence-corrected chi connectivity index (χ0v) is 12.3. The molecule has 0 saturated carbocycles. The maximum Gasteiger partial charge on any atom is 0.361 e. The van der Waals surface area contributed by atoms with E-state index in [1.807, 2.05) is 30.3 Å². The first-order valence-corrected chi connectivity index (χ1v) is 6.93. The van der Waals surface area contributed by atoms with E-state index in [1.165, 1.54) is 0 Å². The zero-order valence-electron chi connectivity index (χ0n) is 12.3. The maximum absolute atomic E-state index is 12.0. The van der Waals surface area contributed by atoms with Gasteiger partial charge in [0, 0.05) is 25.8 Å². The van der Waals surface area contributed by atoms with Crippen molar-refractivity contribution in [2.75, 3.05) is 20.3 Å². The summed E-state index contributed by atoms with van der Waals surface area (Å²) in [4.78, 5) is 12.0. The van der Waals surface area contributed by atoms with Gasteiger partial charge in [-0.2, -0.15) is 0 Å². The van der Waals surface area contributed by atoms with Gasteiger partial charge in [-0.05, 0) is 13.3 Å². The standard InChI is InChI=1S/C15H19N3O3/c1-3-21-15(19)13-14(12-8-5-4-6-9-12)18(17-16-13)10-7-11-20-2/h4-6,8-9H,3,7,10-11H2,1-2H3. The number of esters is 1. The lowest BCUT2D eigenvalue weighted by atomic mass is 10.1. The predicted octanol–water partition coefficient (Wildman–Crippen LogP) is 2.16. The molecule has 6 heteroatoms. The lowest BCUT2D eigenvalue weighted by Crippen LogP contribution is -2.09. The van der Waals surface area contributed by atoms with E-state index in [0.717, 1.165) is 12.0 Å². The number of benzene rings is 1. The molecule has 0 aliphatic heterocycles. The zero-order chi connectivity index (χ0) is 15.1. The fraction of sp³-hybridized carbons (Fsp3) is 0.400. The largest absolute Gasteiger partial charge is 0.461 e. The molecule has 0 aliphatic carbocycles. The van der Waals surface area contributed by atoms with Crippen LogP contribution < -0.4 is 0 Å². The van der Waals surface area contributed by atoms with Crippen LogP contribution in [0.4, 0.5) is 0 Å². The predicted molar refractivity (Wildman–Crippen MR) is 77.9 cm³/mol. The van der Waals surface area contributed by atoms with Crippen LogP contribution in [0.25, 0.3) is 11.3 Å². The fourth-order valence-electron chi connectivity index (χ4n) is 2.05. The minimum Gasteiger partial charge on any atom is -0.461 e. The molecule has 2 aromatic rings. The van der Waals surface area contributed by atoms with E-state index in [0.29, 0.717) is 25.5 Å². The number of ether oxygens (including phenoxy) is 2. The van der Waals surface area contributed by atoms with E-state index >= 15 is 0 Å². The van der Waals surface area contributed by atoms with Crippen LogP contribution in [0.15, 0.2) is 30.3 Å². The molecule has 0 amide bonds. The Morgan fingerprint density at radius 1 is 1.29 bits per heavy atom. The molecule has 2 rings (SSSR count). The summed E-state index contributed by atoms with van der Waals surface area (Å²) >= 11 is 0. The first-order valence-electron chi connectivity index (χ1n) is 6.93. The summed E-state index contributed by atoms with van der Waals surface area (Å²) in [6.45, 7) is 3.33. The average molecular weight is 289 g/mol. The number of hydrogen-bond acceptors (Lipinski definition) is 5. The first-order chi connectivity index (χ1) is 10.3. The summed E-state index contributed by atoms with van der Waals surface area (Å²) in [7, 11) is 1.66. The van der Waals surface area contributed by atoms with Gasteiger partial charge >= 0.3 is 5.97 Å². The van der Waals surface area contributed by atoms with Gasteiger partial charge in [-0.1, -0.05) is 35.5 Å². The number of nitrogens with zero attached hydrogens (tertiary/aromatic N) is 3. The number of aryl methyl sites for hydroxylation is 1. The number of carbonyl (C=O) groups excluding carboxylic acids is 1. The van der Waals surface area contributed by atoms with Gasteiger partial charge in [-0.15, -0.1) is 5.10 Å².